The van der Waals surface area contributed by atoms with Gasteiger partial charge < -0.3 is 4.98 Å². The Morgan fingerprint density at radius 1 is 0.347 bits per heavy atom. The Balaban J connectivity index is 1.44. The van der Waals surface area contributed by atoms with Crippen molar-refractivity contribution in [2.45, 2.75) is 0 Å². The molecule has 0 spiro atoms. The van der Waals surface area contributed by atoms with Crippen LogP contribution in [-0.4, -0.2) is 20.4 Å². The third kappa shape index (κ3) is 4.98. The summed E-state index contributed by atoms with van der Waals surface area (Å²) in [7, 11) is 0. The normalized spacial score (nSPS) is 11.3. The Morgan fingerprint density at radius 3 is 1.53 bits per heavy atom. The number of rotatable bonds is 6. The molecule has 0 saturated heterocycles. The molecule has 0 bridgehead atoms. The number of para-hydroxylation sites is 1. The number of hydrogen-bond acceptors (Lipinski definition) is 3. The van der Waals surface area contributed by atoms with E-state index < -0.39 is 0 Å². The first kappa shape index (κ1) is 28.6. The van der Waals surface area contributed by atoms with E-state index in [9.17, 15) is 0 Å². The molecule has 2 heterocycles. The van der Waals surface area contributed by atoms with Crippen LogP contribution in [0.2, 0.25) is 0 Å². The van der Waals surface area contributed by atoms with Gasteiger partial charge in [-0.25, -0.2) is 0 Å². The average molecular weight is 627 g/mol. The molecule has 7 aromatic carbocycles. The van der Waals surface area contributed by atoms with Crippen molar-refractivity contribution in [2.24, 2.45) is 0 Å². The molecule has 1 N–H and O–H groups in total. The predicted octanol–water partition coefficient (Wildman–Crippen LogP) is 11.5. The van der Waals surface area contributed by atoms with Crippen LogP contribution in [0.3, 0.4) is 0 Å². The molecule has 0 aliphatic heterocycles. The fraction of sp³-hybridized carbons (Fsp3) is 0. The minimum atomic E-state index is 0.782. The third-order valence-corrected chi connectivity index (χ3v) is 9.28. The Kier molecular flexibility index (Phi) is 7.10. The maximum atomic E-state index is 4.83. The molecule has 2 aromatic heterocycles. The summed E-state index contributed by atoms with van der Waals surface area (Å²) >= 11 is 0. The monoisotopic (exact) mass is 626 g/mol. The first-order valence-electron chi connectivity index (χ1n) is 16.5. The summed E-state index contributed by atoms with van der Waals surface area (Å²) in [5, 5.41) is 16.2. The minimum absolute atomic E-state index is 0.782. The van der Waals surface area contributed by atoms with Crippen molar-refractivity contribution >= 4 is 21.8 Å². The van der Waals surface area contributed by atoms with Crippen LogP contribution in [0.1, 0.15) is 0 Å². The quantitative estimate of drug-likeness (QED) is 0.200. The lowest BCUT2D eigenvalue weighted by molar-refractivity contribution is 0.879. The number of hydrogen-bond donors (Lipinski definition) is 1. The Labute approximate surface area is 284 Å². The van der Waals surface area contributed by atoms with Gasteiger partial charge in [0.25, 0.3) is 0 Å². The van der Waals surface area contributed by atoms with Gasteiger partial charge in [-0.2, -0.15) is 0 Å². The van der Waals surface area contributed by atoms with Crippen LogP contribution in [0, 0.1) is 0 Å². The Morgan fingerprint density at radius 2 is 0.857 bits per heavy atom. The zero-order chi connectivity index (χ0) is 32.6. The van der Waals surface area contributed by atoms with E-state index in [0.717, 1.165) is 72.5 Å². The lowest BCUT2D eigenvalue weighted by atomic mass is 9.83. The molecule has 4 nitrogen and oxygen atoms in total. The van der Waals surface area contributed by atoms with Crippen LogP contribution < -0.4 is 0 Å². The van der Waals surface area contributed by atoms with Gasteiger partial charge in [0.2, 0.25) is 0 Å². The lowest BCUT2D eigenvalue weighted by Crippen LogP contribution is -2.02. The van der Waals surface area contributed by atoms with Crippen LogP contribution >= 0.6 is 0 Å². The highest BCUT2D eigenvalue weighted by atomic mass is 15.3. The fourth-order valence-corrected chi connectivity index (χ4v) is 7.10. The maximum absolute atomic E-state index is 4.83. The zero-order valence-corrected chi connectivity index (χ0v) is 26.6. The second kappa shape index (κ2) is 12.2. The molecule has 230 valence electrons. The van der Waals surface area contributed by atoms with Gasteiger partial charge in [0.15, 0.2) is 0 Å². The van der Waals surface area contributed by atoms with Gasteiger partial charge in [0.1, 0.15) is 11.4 Å². The molecule has 9 aromatic rings. The molecule has 0 aliphatic carbocycles. The molecule has 0 fully saturated rings. The number of fused-ring (bicyclic) bond motifs is 3. The van der Waals surface area contributed by atoms with Gasteiger partial charge in [-0.05, 0) is 50.7 Å². The van der Waals surface area contributed by atoms with Crippen molar-refractivity contribution in [3.63, 3.8) is 0 Å². The van der Waals surface area contributed by atoms with Crippen molar-refractivity contribution in [3.8, 4) is 67.0 Å². The van der Waals surface area contributed by atoms with Gasteiger partial charge in [-0.15, -0.1) is 10.2 Å². The minimum Gasteiger partial charge on any atom is -0.354 e. The second-order valence-electron chi connectivity index (χ2n) is 12.1. The molecule has 49 heavy (non-hydrogen) atoms. The SMILES string of the molecule is c1ccc(-c2cc3c([nH]c4ccccc43)c(-c3ccccc3-c3nnnc(-c4ccccc4)c3-c3ccccc3)c2-c2ccccc2)cc1. The van der Waals surface area contributed by atoms with E-state index >= 15 is 0 Å². The fourth-order valence-electron chi connectivity index (χ4n) is 7.10. The van der Waals surface area contributed by atoms with Crippen molar-refractivity contribution in [1.82, 2.24) is 20.4 Å². The summed E-state index contributed by atoms with van der Waals surface area (Å²) in [5.41, 5.74) is 14.5. The highest BCUT2D eigenvalue weighted by Crippen LogP contribution is 2.49. The topological polar surface area (TPSA) is 54.5 Å². The zero-order valence-electron chi connectivity index (χ0n) is 26.6. The third-order valence-electron chi connectivity index (χ3n) is 9.28. The first-order valence-corrected chi connectivity index (χ1v) is 16.5. The smallest absolute Gasteiger partial charge is 0.105 e. The molecular weight excluding hydrogens is 597 g/mol. The first-order chi connectivity index (χ1) is 24.3. The van der Waals surface area contributed by atoms with Crippen molar-refractivity contribution in [3.05, 3.63) is 176 Å². The molecule has 9 rings (SSSR count). The summed E-state index contributed by atoms with van der Waals surface area (Å²) in [5.74, 6) is 0. The van der Waals surface area contributed by atoms with Crippen LogP contribution in [0.5, 0.6) is 0 Å². The van der Waals surface area contributed by atoms with Crippen molar-refractivity contribution in [1.29, 1.82) is 0 Å². The summed E-state index contributed by atoms with van der Waals surface area (Å²) < 4.78 is 0. The molecule has 0 saturated carbocycles. The van der Waals surface area contributed by atoms with Gasteiger partial charge in [-0.3, -0.25) is 0 Å². The molecule has 0 amide bonds. The van der Waals surface area contributed by atoms with Crippen LogP contribution in [-0.2, 0) is 0 Å². The van der Waals surface area contributed by atoms with E-state index in [4.69, 9.17) is 5.10 Å². The highest BCUT2D eigenvalue weighted by Gasteiger charge is 2.25. The number of H-pyrrole nitrogens is 1. The maximum Gasteiger partial charge on any atom is 0.105 e. The van der Waals surface area contributed by atoms with E-state index in [0.29, 0.717) is 0 Å². The summed E-state index contributed by atoms with van der Waals surface area (Å²) in [6, 6.07) is 61.6. The van der Waals surface area contributed by atoms with Crippen LogP contribution in [0.15, 0.2) is 176 Å². The Bertz CT molecular complexity index is 2580. The van der Waals surface area contributed by atoms with Crippen LogP contribution in [0.4, 0.5) is 0 Å². The molecule has 0 aliphatic rings. The highest BCUT2D eigenvalue weighted by molar-refractivity contribution is 6.19. The largest absolute Gasteiger partial charge is 0.354 e. The summed E-state index contributed by atoms with van der Waals surface area (Å²) in [4.78, 5) is 3.85. The molecule has 0 unspecified atom stereocenters. The van der Waals surface area contributed by atoms with Crippen molar-refractivity contribution in [2.75, 3.05) is 0 Å². The van der Waals surface area contributed by atoms with Gasteiger partial charge >= 0.3 is 0 Å². The standard InChI is InChI=1S/C45H30N4/c1-5-17-30(18-6-1)37-29-38-34-25-15-16-28-39(34)46-44(38)42(40(37)31-19-7-2-8-20-31)35-26-13-14-27-36(35)45-41(32-21-9-3-10-22-32)43(47-49-48-45)33-23-11-4-12-24-33/h1-29,46H. The van der Waals surface area contributed by atoms with Gasteiger partial charge in [-0.1, -0.05) is 164 Å². The Hall–Kier alpha value is -6.65. The van der Waals surface area contributed by atoms with Gasteiger partial charge in [0.05, 0.1) is 5.52 Å². The summed E-state index contributed by atoms with van der Waals surface area (Å²) in [6.07, 6.45) is 0. The predicted molar refractivity (Wildman–Crippen MR) is 202 cm³/mol. The number of nitrogens with zero attached hydrogens (tertiary/aromatic N) is 3. The van der Waals surface area contributed by atoms with E-state index in [2.05, 4.69) is 167 Å². The van der Waals surface area contributed by atoms with E-state index in [-0.39, 0.29) is 0 Å². The molecule has 4 heteroatoms. The second-order valence-corrected chi connectivity index (χ2v) is 12.1. The number of nitrogens with one attached hydrogen (secondary N) is 1. The number of aromatic amines is 1. The van der Waals surface area contributed by atoms with E-state index in [1.54, 1.807) is 0 Å². The molecule has 0 atom stereocenters. The lowest BCUT2D eigenvalue weighted by Gasteiger charge is -2.21. The van der Waals surface area contributed by atoms with Gasteiger partial charge in [0, 0.05) is 38.5 Å². The molecule has 0 radical (unpaired) electrons. The molecular formula is C45H30N4. The number of benzene rings is 7. The van der Waals surface area contributed by atoms with Crippen LogP contribution in [0.25, 0.3) is 88.8 Å². The van der Waals surface area contributed by atoms with Crippen molar-refractivity contribution < 1.29 is 0 Å². The van der Waals surface area contributed by atoms with E-state index in [1.165, 1.54) is 16.3 Å². The summed E-state index contributed by atoms with van der Waals surface area (Å²) in [6.45, 7) is 0. The average Bonchev–Trinajstić information content (AvgIpc) is 3.56. The van der Waals surface area contributed by atoms with E-state index in [1.807, 2.05) is 24.3 Å². The number of aromatic nitrogens is 4.